The molecule has 3 aliphatic carbocycles. The number of hydrogen-bond acceptors (Lipinski definition) is 8. The molecular weight excluding hydrogens is 550 g/mol. The van der Waals surface area contributed by atoms with Gasteiger partial charge in [-0.15, -0.1) is 0 Å². The first-order chi connectivity index (χ1) is 20.8. The van der Waals surface area contributed by atoms with Crippen LogP contribution in [-0.2, 0) is 19.1 Å². The molecule has 1 saturated heterocycles. The lowest BCUT2D eigenvalue weighted by atomic mass is 9.55. The van der Waals surface area contributed by atoms with E-state index in [0.29, 0.717) is 0 Å². The minimum absolute atomic E-state index is 0.0390. The highest BCUT2D eigenvalue weighted by atomic mass is 16.5. The van der Waals surface area contributed by atoms with Gasteiger partial charge in [0.15, 0.2) is 12.4 Å². The SMILES string of the molecule is C[C@H](C(=O)OCC(=O)c1ccc(OC(=O)c2ccco2)cc1)N1C(=O)[C@@H]2C3c4ccccc4C(c4ccccc43)[C@@H]2C1=O. The molecule has 1 fully saturated rings. The Morgan fingerprint density at radius 1 is 0.767 bits per heavy atom. The maximum absolute atomic E-state index is 13.8. The third-order valence-corrected chi connectivity index (χ3v) is 8.67. The van der Waals surface area contributed by atoms with Crippen LogP contribution in [0, 0.1) is 11.8 Å². The summed E-state index contributed by atoms with van der Waals surface area (Å²) in [6, 6.07) is 23.4. The molecule has 1 aliphatic heterocycles. The zero-order valence-electron chi connectivity index (χ0n) is 23.0. The van der Waals surface area contributed by atoms with Crippen LogP contribution >= 0.6 is 0 Å². The Morgan fingerprint density at radius 2 is 1.30 bits per heavy atom. The van der Waals surface area contributed by atoms with Gasteiger partial charge in [-0.1, -0.05) is 48.5 Å². The lowest BCUT2D eigenvalue weighted by Gasteiger charge is -2.45. The van der Waals surface area contributed by atoms with Crippen LogP contribution < -0.4 is 4.74 Å². The first kappa shape index (κ1) is 26.6. The fourth-order valence-corrected chi connectivity index (χ4v) is 6.79. The molecule has 43 heavy (non-hydrogen) atoms. The van der Waals surface area contributed by atoms with E-state index in [1.54, 1.807) is 6.07 Å². The molecule has 0 N–H and O–H groups in total. The van der Waals surface area contributed by atoms with Gasteiger partial charge < -0.3 is 13.9 Å². The number of esters is 2. The highest BCUT2D eigenvalue weighted by Crippen LogP contribution is 2.61. The number of likely N-dealkylation sites (tertiary alicyclic amines) is 1. The van der Waals surface area contributed by atoms with Crippen molar-refractivity contribution in [3.63, 3.8) is 0 Å². The summed E-state index contributed by atoms with van der Waals surface area (Å²) in [4.78, 5) is 66.6. The van der Waals surface area contributed by atoms with Gasteiger partial charge >= 0.3 is 11.9 Å². The highest BCUT2D eigenvalue weighted by Gasteiger charge is 2.62. The number of carbonyl (C=O) groups is 5. The second-order valence-corrected chi connectivity index (χ2v) is 10.9. The topological polar surface area (TPSA) is 120 Å². The van der Waals surface area contributed by atoms with Crippen molar-refractivity contribution in [2.75, 3.05) is 6.61 Å². The molecular formula is C34H25NO8. The van der Waals surface area contributed by atoms with Gasteiger partial charge in [0.2, 0.25) is 17.6 Å². The predicted octanol–water partition coefficient (Wildman–Crippen LogP) is 4.51. The van der Waals surface area contributed by atoms with Gasteiger partial charge in [0, 0.05) is 17.4 Å². The molecule has 0 spiro atoms. The summed E-state index contributed by atoms with van der Waals surface area (Å²) in [5, 5.41) is 0. The normalized spacial score (nSPS) is 21.9. The number of imide groups is 1. The Balaban J connectivity index is 1.04. The van der Waals surface area contributed by atoms with Crippen molar-refractivity contribution in [2.45, 2.75) is 24.8 Å². The summed E-state index contributed by atoms with van der Waals surface area (Å²) in [5.74, 6) is -4.37. The minimum Gasteiger partial charge on any atom is -0.457 e. The second-order valence-electron chi connectivity index (χ2n) is 10.9. The predicted molar refractivity (Wildman–Crippen MR) is 150 cm³/mol. The third-order valence-electron chi connectivity index (χ3n) is 8.67. The standard InChI is InChI=1S/C34H25NO8/c1-18(33(39)42-17-25(36)19-12-14-20(15-13-19)43-34(40)26-11-6-16-41-26)35-31(37)29-27-21-7-2-3-8-22(21)28(30(29)32(35)38)24-10-5-4-9-23(24)27/h2-16,18,27-30H,17H2,1H3/t18-,27?,28?,29-,30+/m1/s1. The number of ether oxygens (including phenoxy) is 2. The Hall–Kier alpha value is -5.31. The van der Waals surface area contributed by atoms with E-state index in [0.717, 1.165) is 27.2 Å². The van der Waals surface area contributed by atoms with E-state index in [-0.39, 0.29) is 28.9 Å². The van der Waals surface area contributed by atoms with E-state index >= 15 is 0 Å². The van der Waals surface area contributed by atoms with Crippen LogP contribution in [0.4, 0.5) is 0 Å². The molecule has 9 nitrogen and oxygen atoms in total. The van der Waals surface area contributed by atoms with Gasteiger partial charge in [-0.25, -0.2) is 9.59 Å². The average molecular weight is 576 g/mol. The van der Waals surface area contributed by atoms with Crippen molar-refractivity contribution in [2.24, 2.45) is 11.8 Å². The van der Waals surface area contributed by atoms with E-state index in [2.05, 4.69) is 0 Å². The third kappa shape index (κ3) is 4.19. The second kappa shape index (κ2) is 10.2. The zero-order chi connectivity index (χ0) is 29.8. The number of hydrogen-bond donors (Lipinski definition) is 0. The molecule has 3 atom stereocenters. The Kier molecular flexibility index (Phi) is 6.30. The maximum Gasteiger partial charge on any atom is 0.379 e. The van der Waals surface area contributed by atoms with Crippen LogP contribution in [0.15, 0.2) is 95.6 Å². The van der Waals surface area contributed by atoms with Gasteiger partial charge in [0.05, 0.1) is 18.1 Å². The fourth-order valence-electron chi connectivity index (χ4n) is 6.79. The molecule has 4 aromatic rings. The number of carbonyl (C=O) groups excluding carboxylic acids is 5. The molecule has 0 unspecified atom stereocenters. The summed E-state index contributed by atoms with van der Waals surface area (Å²) in [6.45, 7) is 0.865. The maximum atomic E-state index is 13.8. The van der Waals surface area contributed by atoms with Crippen molar-refractivity contribution < 1.29 is 37.9 Å². The van der Waals surface area contributed by atoms with E-state index in [1.807, 2.05) is 48.5 Å². The van der Waals surface area contributed by atoms with Crippen molar-refractivity contribution in [1.29, 1.82) is 0 Å². The van der Waals surface area contributed by atoms with E-state index in [1.165, 1.54) is 43.5 Å². The number of furan rings is 1. The number of ketones is 1. The Morgan fingerprint density at radius 3 is 1.79 bits per heavy atom. The molecule has 2 amide bonds. The van der Waals surface area contributed by atoms with Crippen LogP contribution in [0.1, 0.15) is 61.9 Å². The van der Waals surface area contributed by atoms with Gasteiger partial charge in [-0.05, 0) is 65.6 Å². The summed E-state index contributed by atoms with van der Waals surface area (Å²) in [7, 11) is 0. The zero-order valence-corrected chi connectivity index (χ0v) is 23.0. The van der Waals surface area contributed by atoms with Crippen molar-refractivity contribution in [1.82, 2.24) is 4.90 Å². The van der Waals surface area contributed by atoms with Gasteiger partial charge in [-0.2, -0.15) is 0 Å². The molecule has 1 aromatic heterocycles. The van der Waals surface area contributed by atoms with Crippen LogP contribution in [0.2, 0.25) is 0 Å². The molecule has 0 radical (unpaired) electrons. The first-order valence-corrected chi connectivity index (χ1v) is 13.9. The fraction of sp³-hybridized carbons (Fsp3) is 0.206. The molecule has 2 heterocycles. The van der Waals surface area contributed by atoms with Crippen LogP contribution in [0.5, 0.6) is 5.75 Å². The van der Waals surface area contributed by atoms with Crippen LogP contribution in [0.3, 0.4) is 0 Å². The van der Waals surface area contributed by atoms with Gasteiger partial charge in [-0.3, -0.25) is 19.3 Å². The number of Topliss-reactive ketones (excluding diaryl/α,β-unsaturated/α-hetero) is 1. The molecule has 4 aliphatic rings. The number of nitrogens with zero attached hydrogens (tertiary/aromatic N) is 1. The lowest BCUT2D eigenvalue weighted by molar-refractivity contribution is -0.157. The van der Waals surface area contributed by atoms with Gasteiger partial charge in [0.25, 0.3) is 0 Å². The summed E-state index contributed by atoms with van der Waals surface area (Å²) >= 11 is 0. The largest absolute Gasteiger partial charge is 0.457 e. The van der Waals surface area contributed by atoms with E-state index in [4.69, 9.17) is 13.9 Å². The molecule has 214 valence electrons. The smallest absolute Gasteiger partial charge is 0.379 e. The molecule has 8 rings (SSSR count). The van der Waals surface area contributed by atoms with E-state index < -0.39 is 54.0 Å². The van der Waals surface area contributed by atoms with E-state index in [9.17, 15) is 24.0 Å². The van der Waals surface area contributed by atoms with Crippen LogP contribution in [-0.4, -0.2) is 47.1 Å². The Labute approximate surface area is 246 Å². The quantitative estimate of drug-likeness (QED) is 0.137. The monoisotopic (exact) mass is 575 g/mol. The molecule has 3 aromatic carbocycles. The Bertz CT molecular complexity index is 1680. The summed E-state index contributed by atoms with van der Waals surface area (Å²) in [5.41, 5.74) is 4.39. The summed E-state index contributed by atoms with van der Waals surface area (Å²) < 4.78 is 15.5. The number of benzene rings is 3. The van der Waals surface area contributed by atoms with Crippen molar-refractivity contribution in [3.05, 3.63) is 125 Å². The van der Waals surface area contributed by atoms with Crippen molar-refractivity contribution in [3.8, 4) is 5.75 Å². The number of amides is 2. The molecule has 0 saturated carbocycles. The highest BCUT2D eigenvalue weighted by molar-refractivity contribution is 6.10. The summed E-state index contributed by atoms with van der Waals surface area (Å²) in [6.07, 6.45) is 1.35. The molecule has 2 bridgehead atoms. The van der Waals surface area contributed by atoms with Crippen molar-refractivity contribution >= 4 is 29.5 Å². The van der Waals surface area contributed by atoms with Crippen LogP contribution in [0.25, 0.3) is 0 Å². The lowest BCUT2D eigenvalue weighted by Crippen LogP contribution is -2.45. The minimum atomic E-state index is -1.20. The number of rotatable bonds is 7. The average Bonchev–Trinajstić information content (AvgIpc) is 3.67. The first-order valence-electron chi connectivity index (χ1n) is 13.9. The van der Waals surface area contributed by atoms with Gasteiger partial charge in [0.1, 0.15) is 11.8 Å². The molecule has 9 heteroatoms.